The third kappa shape index (κ3) is 2.36. The van der Waals surface area contributed by atoms with Crippen LogP contribution in [0.4, 0.5) is 14.5 Å². The molecule has 0 radical (unpaired) electrons. The monoisotopic (exact) mass is 235 g/mol. The van der Waals surface area contributed by atoms with Crippen LogP contribution in [-0.4, -0.2) is 0 Å². The number of anilines is 1. The standard InChI is InChI=1S/C13H11F2NO/c1-8-7-9(14)5-6-11(8)17-12-4-2-3-10(15)13(12)16/h2-7H,16H2,1H3. The van der Waals surface area contributed by atoms with Crippen LogP contribution >= 0.6 is 0 Å². The maximum atomic E-state index is 13.2. The number of nitrogens with two attached hydrogens (primary N) is 1. The average molecular weight is 235 g/mol. The quantitative estimate of drug-likeness (QED) is 0.806. The zero-order valence-electron chi connectivity index (χ0n) is 9.21. The van der Waals surface area contributed by atoms with Crippen molar-refractivity contribution in [2.24, 2.45) is 0 Å². The number of hydrogen-bond acceptors (Lipinski definition) is 2. The first-order valence-corrected chi connectivity index (χ1v) is 5.06. The summed E-state index contributed by atoms with van der Waals surface area (Å²) in [6.45, 7) is 1.70. The Bertz CT molecular complexity index is 555. The highest BCUT2D eigenvalue weighted by Gasteiger charge is 2.08. The first-order chi connectivity index (χ1) is 8.08. The SMILES string of the molecule is Cc1cc(F)ccc1Oc1cccc(F)c1N. The second-order valence-electron chi connectivity index (χ2n) is 3.66. The molecule has 0 aliphatic rings. The summed E-state index contributed by atoms with van der Waals surface area (Å²) in [5.41, 5.74) is 6.10. The molecule has 0 aliphatic heterocycles. The van der Waals surface area contributed by atoms with Crippen LogP contribution in [0.1, 0.15) is 5.56 Å². The third-order valence-electron chi connectivity index (χ3n) is 2.37. The molecule has 0 amide bonds. The molecule has 0 spiro atoms. The highest BCUT2D eigenvalue weighted by molar-refractivity contribution is 5.55. The Labute approximate surface area is 97.6 Å². The lowest BCUT2D eigenvalue weighted by Gasteiger charge is -2.10. The highest BCUT2D eigenvalue weighted by atomic mass is 19.1. The highest BCUT2D eigenvalue weighted by Crippen LogP contribution is 2.31. The molecule has 0 atom stereocenters. The minimum absolute atomic E-state index is 0.0591. The molecule has 0 bridgehead atoms. The van der Waals surface area contributed by atoms with E-state index >= 15 is 0 Å². The maximum absolute atomic E-state index is 13.2. The fourth-order valence-corrected chi connectivity index (χ4v) is 1.45. The molecule has 0 aromatic heterocycles. The van der Waals surface area contributed by atoms with E-state index in [0.29, 0.717) is 11.3 Å². The van der Waals surface area contributed by atoms with Crippen LogP contribution in [0.5, 0.6) is 11.5 Å². The van der Waals surface area contributed by atoms with Crippen LogP contribution in [-0.2, 0) is 0 Å². The maximum Gasteiger partial charge on any atom is 0.153 e. The third-order valence-corrected chi connectivity index (χ3v) is 2.37. The van der Waals surface area contributed by atoms with Crippen molar-refractivity contribution >= 4 is 5.69 Å². The van der Waals surface area contributed by atoms with Crippen molar-refractivity contribution in [2.75, 3.05) is 5.73 Å². The van der Waals surface area contributed by atoms with Crippen molar-refractivity contribution in [3.63, 3.8) is 0 Å². The first-order valence-electron chi connectivity index (χ1n) is 5.06. The van der Waals surface area contributed by atoms with Gasteiger partial charge in [0.2, 0.25) is 0 Å². The molecule has 0 saturated heterocycles. The topological polar surface area (TPSA) is 35.2 Å². The second kappa shape index (κ2) is 4.41. The van der Waals surface area contributed by atoms with Gasteiger partial charge in [0.05, 0.1) is 0 Å². The van der Waals surface area contributed by atoms with E-state index in [1.54, 1.807) is 13.0 Å². The van der Waals surface area contributed by atoms with Gasteiger partial charge < -0.3 is 10.5 Å². The molecule has 2 nitrogen and oxygen atoms in total. The molecule has 0 saturated carbocycles. The molecule has 2 rings (SSSR count). The van der Waals surface area contributed by atoms with Crippen LogP contribution in [0.15, 0.2) is 36.4 Å². The second-order valence-corrected chi connectivity index (χ2v) is 3.66. The van der Waals surface area contributed by atoms with Gasteiger partial charge in [0, 0.05) is 0 Å². The molecule has 0 unspecified atom stereocenters. The van der Waals surface area contributed by atoms with Gasteiger partial charge in [-0.15, -0.1) is 0 Å². The number of rotatable bonds is 2. The van der Waals surface area contributed by atoms with Crippen molar-refractivity contribution in [3.8, 4) is 11.5 Å². The van der Waals surface area contributed by atoms with E-state index in [1.165, 1.54) is 30.3 Å². The molecule has 0 heterocycles. The van der Waals surface area contributed by atoms with Crippen molar-refractivity contribution in [1.82, 2.24) is 0 Å². The number of ether oxygens (including phenoxy) is 1. The summed E-state index contributed by atoms with van der Waals surface area (Å²) in [5, 5.41) is 0. The zero-order valence-corrected chi connectivity index (χ0v) is 9.21. The van der Waals surface area contributed by atoms with Crippen molar-refractivity contribution < 1.29 is 13.5 Å². The summed E-state index contributed by atoms with van der Waals surface area (Å²) in [4.78, 5) is 0. The van der Waals surface area contributed by atoms with Gasteiger partial charge in [-0.1, -0.05) is 6.07 Å². The van der Waals surface area contributed by atoms with E-state index in [4.69, 9.17) is 10.5 Å². The van der Waals surface area contributed by atoms with Crippen LogP contribution in [0.25, 0.3) is 0 Å². The van der Waals surface area contributed by atoms with E-state index < -0.39 is 5.82 Å². The Morgan fingerprint density at radius 1 is 1.06 bits per heavy atom. The lowest BCUT2D eigenvalue weighted by molar-refractivity contribution is 0.474. The smallest absolute Gasteiger partial charge is 0.153 e. The van der Waals surface area contributed by atoms with E-state index in [9.17, 15) is 8.78 Å². The summed E-state index contributed by atoms with van der Waals surface area (Å²) in [5.74, 6) is -0.215. The van der Waals surface area contributed by atoms with Gasteiger partial charge in [-0.25, -0.2) is 8.78 Å². The lowest BCUT2D eigenvalue weighted by Crippen LogP contribution is -1.96. The van der Waals surface area contributed by atoms with Gasteiger partial charge in [-0.2, -0.15) is 0 Å². The predicted molar refractivity (Wildman–Crippen MR) is 62.0 cm³/mol. The molecule has 0 aliphatic carbocycles. The Morgan fingerprint density at radius 2 is 1.82 bits per heavy atom. The molecular weight excluding hydrogens is 224 g/mol. The number of aryl methyl sites for hydroxylation is 1. The van der Waals surface area contributed by atoms with Crippen molar-refractivity contribution in [2.45, 2.75) is 6.92 Å². The number of benzene rings is 2. The summed E-state index contributed by atoms with van der Waals surface area (Å²) < 4.78 is 31.5. The number of para-hydroxylation sites is 1. The normalized spacial score (nSPS) is 10.3. The predicted octanol–water partition coefficient (Wildman–Crippen LogP) is 3.65. The van der Waals surface area contributed by atoms with E-state index in [2.05, 4.69) is 0 Å². The zero-order chi connectivity index (χ0) is 12.4. The molecule has 2 N–H and O–H groups in total. The van der Waals surface area contributed by atoms with Crippen LogP contribution < -0.4 is 10.5 Å². The molecule has 0 fully saturated rings. The van der Waals surface area contributed by atoms with Gasteiger partial charge in [-0.05, 0) is 42.8 Å². The number of nitrogen functional groups attached to an aromatic ring is 1. The minimum atomic E-state index is -0.540. The van der Waals surface area contributed by atoms with Gasteiger partial charge >= 0.3 is 0 Å². The molecule has 17 heavy (non-hydrogen) atoms. The van der Waals surface area contributed by atoms with Crippen molar-refractivity contribution in [1.29, 1.82) is 0 Å². The van der Waals surface area contributed by atoms with Crippen LogP contribution in [0.2, 0.25) is 0 Å². The average Bonchev–Trinajstić information content (AvgIpc) is 2.28. The van der Waals surface area contributed by atoms with Gasteiger partial charge in [0.1, 0.15) is 23.1 Å². The van der Waals surface area contributed by atoms with Crippen LogP contribution in [0, 0.1) is 18.6 Å². The Morgan fingerprint density at radius 3 is 2.53 bits per heavy atom. The largest absolute Gasteiger partial charge is 0.455 e. The summed E-state index contributed by atoms with van der Waals surface area (Å²) in [6.07, 6.45) is 0. The number of hydrogen-bond donors (Lipinski definition) is 1. The molecule has 4 heteroatoms. The van der Waals surface area contributed by atoms with Gasteiger partial charge in [-0.3, -0.25) is 0 Å². The molecule has 2 aromatic rings. The fraction of sp³-hybridized carbons (Fsp3) is 0.0769. The van der Waals surface area contributed by atoms with E-state index in [0.717, 1.165) is 0 Å². The van der Waals surface area contributed by atoms with E-state index in [-0.39, 0.29) is 17.3 Å². The molecule has 2 aromatic carbocycles. The lowest BCUT2D eigenvalue weighted by atomic mass is 10.2. The minimum Gasteiger partial charge on any atom is -0.455 e. The molecule has 88 valence electrons. The summed E-state index contributed by atoms with van der Waals surface area (Å²) in [6, 6.07) is 8.40. The first kappa shape index (κ1) is 11.4. The Kier molecular flexibility index (Phi) is 2.95. The molecular formula is C13H11F2NO. The van der Waals surface area contributed by atoms with Gasteiger partial charge in [0.25, 0.3) is 0 Å². The fourth-order valence-electron chi connectivity index (χ4n) is 1.45. The summed E-state index contributed by atoms with van der Waals surface area (Å²) in [7, 11) is 0. The Hall–Kier alpha value is -2.10. The Balaban J connectivity index is 2.35. The summed E-state index contributed by atoms with van der Waals surface area (Å²) >= 11 is 0. The van der Waals surface area contributed by atoms with E-state index in [1.807, 2.05) is 0 Å². The van der Waals surface area contributed by atoms with Gasteiger partial charge in [0.15, 0.2) is 5.75 Å². The van der Waals surface area contributed by atoms with Crippen molar-refractivity contribution in [3.05, 3.63) is 53.6 Å². The number of halogens is 2. The van der Waals surface area contributed by atoms with Crippen LogP contribution in [0.3, 0.4) is 0 Å².